The molecule has 148 valence electrons. The highest BCUT2D eigenvalue weighted by molar-refractivity contribution is 6.09. The minimum atomic E-state index is -1.20. The first-order chi connectivity index (χ1) is 12.6. The molecule has 7 heteroatoms. The van der Waals surface area contributed by atoms with Crippen LogP contribution in [-0.4, -0.2) is 60.5 Å². The third-order valence-corrected chi connectivity index (χ3v) is 4.67. The zero-order valence-electron chi connectivity index (χ0n) is 16.8. The van der Waals surface area contributed by atoms with Gasteiger partial charge in [-0.15, -0.1) is 0 Å². The predicted molar refractivity (Wildman–Crippen MR) is 104 cm³/mol. The summed E-state index contributed by atoms with van der Waals surface area (Å²) in [6.45, 7) is 10.8. The van der Waals surface area contributed by atoms with Crippen LogP contribution in [0.15, 0.2) is 18.2 Å². The van der Waals surface area contributed by atoms with Gasteiger partial charge in [-0.25, -0.2) is 4.79 Å². The summed E-state index contributed by atoms with van der Waals surface area (Å²) in [7, 11) is 0. The first-order valence-electron chi connectivity index (χ1n) is 9.26. The molecule has 27 heavy (non-hydrogen) atoms. The van der Waals surface area contributed by atoms with Crippen molar-refractivity contribution < 1.29 is 19.1 Å². The van der Waals surface area contributed by atoms with E-state index in [1.54, 1.807) is 30.6 Å². The van der Waals surface area contributed by atoms with Crippen LogP contribution in [0.4, 0.5) is 10.5 Å². The van der Waals surface area contributed by atoms with Crippen LogP contribution >= 0.6 is 0 Å². The Morgan fingerprint density at radius 2 is 1.52 bits per heavy atom. The van der Waals surface area contributed by atoms with Crippen LogP contribution in [-0.2, 0) is 14.3 Å². The number of anilines is 1. The monoisotopic (exact) mass is 375 g/mol. The summed E-state index contributed by atoms with van der Waals surface area (Å²) in [5.74, 6) is -0.585. The molecule has 1 fully saturated rings. The van der Waals surface area contributed by atoms with Gasteiger partial charge in [0, 0.05) is 31.9 Å². The van der Waals surface area contributed by atoms with E-state index in [0.29, 0.717) is 38.5 Å². The zero-order valence-corrected chi connectivity index (χ0v) is 16.8. The average molecular weight is 375 g/mol. The molecule has 3 amide bonds. The Bertz CT molecular complexity index is 702. The number of nitrogens with one attached hydrogen (secondary N) is 1. The van der Waals surface area contributed by atoms with Crippen molar-refractivity contribution in [2.45, 2.75) is 34.6 Å². The van der Waals surface area contributed by atoms with Crippen LogP contribution in [0, 0.1) is 19.3 Å². The van der Waals surface area contributed by atoms with Gasteiger partial charge in [0.1, 0.15) is 5.41 Å². The SMILES string of the molecule is CCOC(=O)N1CCN(C(=O)C(C)(C)C(=O)Nc2cc(C)cc(C)c2)CC1. The van der Waals surface area contributed by atoms with Crippen molar-refractivity contribution >= 4 is 23.6 Å². The second kappa shape index (κ2) is 8.41. The normalized spacial score (nSPS) is 14.7. The first-order valence-corrected chi connectivity index (χ1v) is 9.26. The fourth-order valence-corrected chi connectivity index (χ4v) is 3.13. The molecule has 0 saturated carbocycles. The summed E-state index contributed by atoms with van der Waals surface area (Å²) in [6.07, 6.45) is -0.364. The molecule has 1 aromatic rings. The number of carbonyl (C=O) groups is 3. The number of benzene rings is 1. The lowest BCUT2D eigenvalue weighted by Crippen LogP contribution is -2.55. The first kappa shape index (κ1) is 20.7. The van der Waals surface area contributed by atoms with Crippen LogP contribution in [0.3, 0.4) is 0 Å². The van der Waals surface area contributed by atoms with Crippen molar-refractivity contribution in [2.75, 3.05) is 38.1 Å². The highest BCUT2D eigenvalue weighted by Gasteiger charge is 2.40. The van der Waals surface area contributed by atoms with Crippen LogP contribution in [0.1, 0.15) is 31.9 Å². The maximum Gasteiger partial charge on any atom is 0.409 e. The van der Waals surface area contributed by atoms with Gasteiger partial charge >= 0.3 is 6.09 Å². The third kappa shape index (κ3) is 4.99. The van der Waals surface area contributed by atoms with Gasteiger partial charge in [0.15, 0.2) is 0 Å². The summed E-state index contributed by atoms with van der Waals surface area (Å²) in [5, 5.41) is 2.86. The number of hydrogen-bond acceptors (Lipinski definition) is 4. The molecule has 0 bridgehead atoms. The lowest BCUT2D eigenvalue weighted by atomic mass is 9.89. The molecule has 7 nitrogen and oxygen atoms in total. The maximum absolute atomic E-state index is 12.9. The van der Waals surface area contributed by atoms with E-state index in [1.807, 2.05) is 32.0 Å². The number of aryl methyl sites for hydroxylation is 2. The van der Waals surface area contributed by atoms with Gasteiger partial charge in [0.05, 0.1) is 6.61 Å². The molecule has 1 heterocycles. The second-order valence-electron chi connectivity index (χ2n) is 7.43. The summed E-state index contributed by atoms with van der Waals surface area (Å²) in [4.78, 5) is 40.7. The molecule has 1 aliphatic heterocycles. The van der Waals surface area contributed by atoms with Gasteiger partial charge in [0.25, 0.3) is 0 Å². The minimum absolute atomic E-state index is 0.243. The summed E-state index contributed by atoms with van der Waals surface area (Å²) in [5.41, 5.74) is 1.57. The van der Waals surface area contributed by atoms with E-state index in [1.165, 1.54) is 0 Å². The van der Waals surface area contributed by atoms with Crippen LogP contribution in [0.5, 0.6) is 0 Å². The van der Waals surface area contributed by atoms with Crippen molar-refractivity contribution in [2.24, 2.45) is 5.41 Å². The van der Waals surface area contributed by atoms with Crippen molar-refractivity contribution in [1.29, 1.82) is 0 Å². The average Bonchev–Trinajstić information content (AvgIpc) is 2.60. The molecule has 0 spiro atoms. The molecule has 1 aliphatic rings. The molecule has 1 saturated heterocycles. The quantitative estimate of drug-likeness (QED) is 0.821. The number of rotatable bonds is 4. The predicted octanol–water partition coefficient (Wildman–Crippen LogP) is 2.57. The van der Waals surface area contributed by atoms with E-state index < -0.39 is 5.41 Å². The fourth-order valence-electron chi connectivity index (χ4n) is 3.13. The van der Waals surface area contributed by atoms with Gasteiger partial charge in [-0.1, -0.05) is 6.07 Å². The fraction of sp³-hybridized carbons (Fsp3) is 0.550. The van der Waals surface area contributed by atoms with Gasteiger partial charge in [-0.2, -0.15) is 0 Å². The molecule has 0 aromatic heterocycles. The molecule has 0 unspecified atom stereocenters. The molecule has 2 rings (SSSR count). The minimum Gasteiger partial charge on any atom is -0.450 e. The number of nitrogens with zero attached hydrogens (tertiary/aromatic N) is 2. The van der Waals surface area contributed by atoms with Crippen molar-refractivity contribution in [3.05, 3.63) is 29.3 Å². The standard InChI is InChI=1S/C20H29N3O4/c1-6-27-19(26)23-9-7-22(8-10-23)18(25)20(4,5)17(24)21-16-12-14(2)11-15(3)13-16/h11-13H,6-10H2,1-5H3,(H,21,24). The Morgan fingerprint density at radius 3 is 2.04 bits per heavy atom. The van der Waals surface area contributed by atoms with Crippen molar-refractivity contribution in [3.63, 3.8) is 0 Å². The Hall–Kier alpha value is -2.57. The Balaban J connectivity index is 2.00. The van der Waals surface area contributed by atoms with Gasteiger partial charge in [-0.3, -0.25) is 9.59 Å². The highest BCUT2D eigenvalue weighted by atomic mass is 16.6. The molecule has 0 aliphatic carbocycles. The Kier molecular flexibility index (Phi) is 6.46. The van der Waals surface area contributed by atoms with Crippen LogP contribution in [0.2, 0.25) is 0 Å². The Morgan fingerprint density at radius 1 is 1.00 bits per heavy atom. The lowest BCUT2D eigenvalue weighted by Gasteiger charge is -2.37. The summed E-state index contributed by atoms with van der Waals surface area (Å²) < 4.78 is 4.99. The van der Waals surface area contributed by atoms with Crippen molar-refractivity contribution in [1.82, 2.24) is 9.80 Å². The maximum atomic E-state index is 12.9. The summed E-state index contributed by atoms with van der Waals surface area (Å²) in [6, 6.07) is 5.78. The van der Waals surface area contributed by atoms with E-state index in [4.69, 9.17) is 4.74 Å². The number of amides is 3. The molecule has 1 aromatic carbocycles. The molecule has 0 atom stereocenters. The lowest BCUT2D eigenvalue weighted by molar-refractivity contribution is -0.147. The van der Waals surface area contributed by atoms with E-state index >= 15 is 0 Å². The zero-order chi connectivity index (χ0) is 20.2. The third-order valence-electron chi connectivity index (χ3n) is 4.67. The molecule has 1 N–H and O–H groups in total. The largest absolute Gasteiger partial charge is 0.450 e. The van der Waals surface area contributed by atoms with Crippen LogP contribution in [0.25, 0.3) is 0 Å². The van der Waals surface area contributed by atoms with Gasteiger partial charge in [0.2, 0.25) is 11.8 Å². The summed E-state index contributed by atoms with van der Waals surface area (Å²) >= 11 is 0. The number of carbonyl (C=O) groups excluding carboxylic acids is 3. The number of piperazine rings is 1. The highest BCUT2D eigenvalue weighted by Crippen LogP contribution is 2.24. The molecular weight excluding hydrogens is 346 g/mol. The van der Waals surface area contributed by atoms with E-state index in [0.717, 1.165) is 11.1 Å². The van der Waals surface area contributed by atoms with Crippen molar-refractivity contribution in [3.8, 4) is 0 Å². The van der Waals surface area contributed by atoms with E-state index in [-0.39, 0.29) is 17.9 Å². The van der Waals surface area contributed by atoms with Gasteiger partial charge in [-0.05, 0) is 57.9 Å². The van der Waals surface area contributed by atoms with Crippen LogP contribution < -0.4 is 5.32 Å². The van der Waals surface area contributed by atoms with E-state index in [2.05, 4.69) is 5.32 Å². The smallest absolute Gasteiger partial charge is 0.409 e. The van der Waals surface area contributed by atoms with E-state index in [9.17, 15) is 14.4 Å². The molecular formula is C20H29N3O4. The van der Waals surface area contributed by atoms with Gasteiger partial charge < -0.3 is 19.9 Å². The topological polar surface area (TPSA) is 79.0 Å². The Labute approximate surface area is 160 Å². The number of hydrogen-bond donors (Lipinski definition) is 1. The molecule has 0 radical (unpaired) electrons. The second-order valence-corrected chi connectivity index (χ2v) is 7.43. The number of ether oxygens (including phenoxy) is 1.